The number of carbonyl (C=O) groups is 3. The number of aryl methyl sites for hydroxylation is 1. The number of hydrogen-bond donors (Lipinski definition) is 2. The lowest BCUT2D eigenvalue weighted by atomic mass is 9.87. The molecular formula is C26H38N4O3. The van der Waals surface area contributed by atoms with E-state index < -0.39 is 6.17 Å². The van der Waals surface area contributed by atoms with Crippen LogP contribution in [-0.4, -0.2) is 58.9 Å². The number of carbonyl (C=O) groups excluding carboxylic acids is 3. The third-order valence-electron chi connectivity index (χ3n) is 7.54. The van der Waals surface area contributed by atoms with Gasteiger partial charge >= 0.3 is 0 Å². The molecule has 1 saturated heterocycles. The molecule has 0 bridgehead atoms. The van der Waals surface area contributed by atoms with E-state index in [-0.39, 0.29) is 35.7 Å². The molecule has 1 aromatic rings. The monoisotopic (exact) mass is 454 g/mol. The second kappa shape index (κ2) is 10.7. The summed E-state index contributed by atoms with van der Waals surface area (Å²) in [5, 5.41) is 3.16. The van der Waals surface area contributed by atoms with E-state index in [4.69, 9.17) is 5.73 Å². The fourth-order valence-electron chi connectivity index (χ4n) is 5.54. The lowest BCUT2D eigenvalue weighted by Gasteiger charge is -2.45. The molecule has 0 radical (unpaired) electrons. The van der Waals surface area contributed by atoms with Crippen molar-refractivity contribution in [3.8, 4) is 0 Å². The van der Waals surface area contributed by atoms with E-state index in [1.807, 2.05) is 19.1 Å². The summed E-state index contributed by atoms with van der Waals surface area (Å²) < 4.78 is 0. The Kier molecular flexibility index (Phi) is 7.68. The number of hydrogen-bond acceptors (Lipinski definition) is 4. The Balaban J connectivity index is 1.57. The first-order valence-electron chi connectivity index (χ1n) is 12.7. The van der Waals surface area contributed by atoms with Gasteiger partial charge in [-0.15, -0.1) is 0 Å². The lowest BCUT2D eigenvalue weighted by Crippen LogP contribution is -2.65. The van der Waals surface area contributed by atoms with E-state index in [0.717, 1.165) is 63.4 Å². The molecule has 1 heterocycles. The summed E-state index contributed by atoms with van der Waals surface area (Å²) in [6.45, 7) is 2.96. The zero-order valence-corrected chi connectivity index (χ0v) is 19.8. The van der Waals surface area contributed by atoms with Crippen molar-refractivity contribution in [1.29, 1.82) is 0 Å². The lowest BCUT2D eigenvalue weighted by molar-refractivity contribution is -0.153. The zero-order valence-electron chi connectivity index (χ0n) is 19.8. The fourth-order valence-corrected chi connectivity index (χ4v) is 5.54. The van der Waals surface area contributed by atoms with Crippen LogP contribution < -0.4 is 11.1 Å². The number of nitrogens with zero attached hydrogens (tertiary/aromatic N) is 2. The Morgan fingerprint density at radius 2 is 1.48 bits per heavy atom. The molecule has 1 atom stereocenters. The topological polar surface area (TPSA) is 95.7 Å². The second-order valence-corrected chi connectivity index (χ2v) is 10.1. The molecule has 3 fully saturated rings. The van der Waals surface area contributed by atoms with Crippen LogP contribution in [0.25, 0.3) is 0 Å². The number of nitrogens with one attached hydrogen (secondary N) is 1. The molecule has 7 heteroatoms. The van der Waals surface area contributed by atoms with Gasteiger partial charge in [-0.25, -0.2) is 0 Å². The summed E-state index contributed by atoms with van der Waals surface area (Å²) in [5.41, 5.74) is 7.66. The highest BCUT2D eigenvalue weighted by Gasteiger charge is 2.43. The van der Waals surface area contributed by atoms with Crippen LogP contribution >= 0.6 is 0 Å². The van der Waals surface area contributed by atoms with Gasteiger partial charge in [0.1, 0.15) is 0 Å². The van der Waals surface area contributed by atoms with Crippen molar-refractivity contribution in [2.45, 2.75) is 89.4 Å². The molecule has 4 rings (SSSR count). The summed E-state index contributed by atoms with van der Waals surface area (Å²) >= 11 is 0. The summed E-state index contributed by atoms with van der Waals surface area (Å²) in [6, 6.07) is 7.65. The standard InChI is InChI=1S/C26H38N4O3/c1-18-8-10-20(11-9-18)26(33)30-17-5-16-29(25(32)19-6-3-2-4-7-19)24(30)23(31)28-22-14-12-21(27)13-15-22/h8-11,19,21-22,24H,2-7,12-17,27H2,1H3,(H,28,31). The van der Waals surface area contributed by atoms with Crippen molar-refractivity contribution in [3.63, 3.8) is 0 Å². The maximum absolute atomic E-state index is 13.6. The number of amides is 3. The van der Waals surface area contributed by atoms with Crippen LogP contribution in [0.15, 0.2) is 24.3 Å². The Hall–Kier alpha value is -2.41. The van der Waals surface area contributed by atoms with Gasteiger partial charge in [0, 0.05) is 36.7 Å². The second-order valence-electron chi connectivity index (χ2n) is 10.1. The molecule has 1 aromatic carbocycles. The Morgan fingerprint density at radius 3 is 2.15 bits per heavy atom. The number of rotatable bonds is 4. The Labute approximate surface area is 197 Å². The van der Waals surface area contributed by atoms with Crippen LogP contribution in [0.4, 0.5) is 0 Å². The van der Waals surface area contributed by atoms with Crippen molar-refractivity contribution >= 4 is 17.7 Å². The van der Waals surface area contributed by atoms with E-state index in [1.54, 1.807) is 21.9 Å². The van der Waals surface area contributed by atoms with Crippen LogP contribution in [0.2, 0.25) is 0 Å². The van der Waals surface area contributed by atoms with Gasteiger partial charge < -0.3 is 20.9 Å². The van der Waals surface area contributed by atoms with Gasteiger partial charge in [0.05, 0.1) is 0 Å². The quantitative estimate of drug-likeness (QED) is 0.731. The molecule has 3 aliphatic rings. The van der Waals surface area contributed by atoms with Gasteiger partial charge in [0.15, 0.2) is 6.17 Å². The van der Waals surface area contributed by atoms with Crippen LogP contribution in [0.3, 0.4) is 0 Å². The van der Waals surface area contributed by atoms with Crippen molar-refractivity contribution < 1.29 is 14.4 Å². The van der Waals surface area contributed by atoms with Gasteiger partial charge in [0.2, 0.25) is 5.91 Å². The van der Waals surface area contributed by atoms with E-state index in [2.05, 4.69) is 5.32 Å². The van der Waals surface area contributed by atoms with Crippen molar-refractivity contribution in [2.24, 2.45) is 11.7 Å². The molecule has 33 heavy (non-hydrogen) atoms. The SMILES string of the molecule is Cc1ccc(C(=O)N2CCCN(C(=O)C3CCCCC3)C2C(=O)NC2CCC(N)CC2)cc1. The highest BCUT2D eigenvalue weighted by atomic mass is 16.2. The minimum atomic E-state index is -0.891. The van der Waals surface area contributed by atoms with Gasteiger partial charge in [-0.3, -0.25) is 14.4 Å². The minimum Gasteiger partial charge on any atom is -0.350 e. The van der Waals surface area contributed by atoms with E-state index in [1.165, 1.54) is 0 Å². The molecule has 180 valence electrons. The van der Waals surface area contributed by atoms with E-state index in [9.17, 15) is 14.4 Å². The molecular weight excluding hydrogens is 416 g/mol. The van der Waals surface area contributed by atoms with Crippen molar-refractivity contribution in [2.75, 3.05) is 13.1 Å². The Morgan fingerprint density at radius 1 is 0.848 bits per heavy atom. The van der Waals surface area contributed by atoms with E-state index in [0.29, 0.717) is 25.1 Å². The largest absolute Gasteiger partial charge is 0.350 e. The third-order valence-corrected chi connectivity index (χ3v) is 7.54. The van der Waals surface area contributed by atoms with Crippen LogP contribution in [0.5, 0.6) is 0 Å². The van der Waals surface area contributed by atoms with Gasteiger partial charge in [-0.05, 0) is 64.0 Å². The maximum Gasteiger partial charge on any atom is 0.264 e. The van der Waals surface area contributed by atoms with Gasteiger partial charge in [-0.2, -0.15) is 0 Å². The smallest absolute Gasteiger partial charge is 0.264 e. The fraction of sp³-hybridized carbons (Fsp3) is 0.654. The van der Waals surface area contributed by atoms with Gasteiger partial charge in [-0.1, -0.05) is 37.0 Å². The predicted octanol–water partition coefficient (Wildman–Crippen LogP) is 2.96. The average molecular weight is 455 g/mol. The maximum atomic E-state index is 13.6. The first kappa shape index (κ1) is 23.7. The molecule has 1 aliphatic heterocycles. The third kappa shape index (κ3) is 5.57. The van der Waals surface area contributed by atoms with Crippen LogP contribution in [-0.2, 0) is 9.59 Å². The Bertz CT molecular complexity index is 842. The van der Waals surface area contributed by atoms with Crippen molar-refractivity contribution in [1.82, 2.24) is 15.1 Å². The summed E-state index contributed by atoms with van der Waals surface area (Å²) in [7, 11) is 0. The highest BCUT2D eigenvalue weighted by Crippen LogP contribution is 2.29. The molecule has 2 aliphatic carbocycles. The number of nitrogens with two attached hydrogens (primary N) is 1. The summed E-state index contributed by atoms with van der Waals surface area (Å²) in [6.07, 6.45) is 8.23. The average Bonchev–Trinajstić information content (AvgIpc) is 2.85. The molecule has 7 nitrogen and oxygen atoms in total. The molecule has 2 saturated carbocycles. The minimum absolute atomic E-state index is 0.0296. The highest BCUT2D eigenvalue weighted by molar-refractivity contribution is 5.99. The molecule has 3 N–H and O–H groups in total. The summed E-state index contributed by atoms with van der Waals surface area (Å²) in [4.78, 5) is 44.0. The first-order valence-corrected chi connectivity index (χ1v) is 12.7. The molecule has 1 unspecified atom stereocenters. The summed E-state index contributed by atoms with van der Waals surface area (Å²) in [5.74, 6) is -0.445. The molecule has 0 spiro atoms. The zero-order chi connectivity index (χ0) is 23.4. The predicted molar refractivity (Wildman–Crippen MR) is 127 cm³/mol. The van der Waals surface area contributed by atoms with Crippen LogP contribution in [0, 0.1) is 12.8 Å². The first-order chi connectivity index (χ1) is 15.9. The number of benzene rings is 1. The molecule has 3 amide bonds. The van der Waals surface area contributed by atoms with Crippen LogP contribution in [0.1, 0.15) is 80.1 Å². The van der Waals surface area contributed by atoms with Gasteiger partial charge in [0.25, 0.3) is 11.8 Å². The molecule has 0 aromatic heterocycles. The van der Waals surface area contributed by atoms with Crippen molar-refractivity contribution in [3.05, 3.63) is 35.4 Å². The van der Waals surface area contributed by atoms with E-state index >= 15 is 0 Å². The normalized spacial score (nSPS) is 26.7.